The molecule has 9 nitrogen and oxygen atoms in total. The minimum atomic E-state index is -1.05. The number of carbonyl (C=O) groups is 1. The van der Waals surface area contributed by atoms with Crippen LogP contribution in [0.15, 0.2) is 29.3 Å². The monoisotopic (exact) mass is 490 g/mol. The highest BCUT2D eigenvalue weighted by Gasteiger charge is 2.48. The fraction of sp³-hybridized carbons (Fsp3) is 0.556. The van der Waals surface area contributed by atoms with Crippen molar-refractivity contribution >= 4 is 16.9 Å². The van der Waals surface area contributed by atoms with Crippen LogP contribution in [0, 0.1) is 5.41 Å². The molecular formula is C27H34N6O3. The van der Waals surface area contributed by atoms with Crippen molar-refractivity contribution in [1.82, 2.24) is 29.5 Å². The van der Waals surface area contributed by atoms with Gasteiger partial charge in [0.25, 0.3) is 5.56 Å². The smallest absolute Gasteiger partial charge is 0.281 e. The standard InChI is InChI=1S/C27H34N6O3/c1-26(8-9-26)25(35)32-12-10-27(36,11-13-32)15-33-16-29-21-22(24(33)34)30-31(3)23(21)18-4-6-19-17(14-18)5-7-20(19)28-2/h4,6,14,16,20,28,36H,5,7-13,15H2,1-3H3. The number of amides is 1. The van der Waals surface area contributed by atoms with E-state index < -0.39 is 5.60 Å². The van der Waals surface area contributed by atoms with Crippen LogP contribution < -0.4 is 10.9 Å². The van der Waals surface area contributed by atoms with Crippen molar-refractivity contribution in [2.24, 2.45) is 12.5 Å². The average molecular weight is 491 g/mol. The molecule has 0 spiro atoms. The Balaban J connectivity index is 1.25. The first-order valence-corrected chi connectivity index (χ1v) is 13.0. The summed E-state index contributed by atoms with van der Waals surface area (Å²) in [6, 6.07) is 6.82. The van der Waals surface area contributed by atoms with Gasteiger partial charge in [0.15, 0.2) is 5.52 Å². The van der Waals surface area contributed by atoms with Gasteiger partial charge in [0, 0.05) is 37.2 Å². The third-order valence-electron chi connectivity index (χ3n) is 8.62. The lowest BCUT2D eigenvalue weighted by Gasteiger charge is -2.39. The zero-order valence-corrected chi connectivity index (χ0v) is 21.3. The number of hydrogen-bond acceptors (Lipinski definition) is 6. The molecular weight excluding hydrogens is 456 g/mol. The molecule has 9 heteroatoms. The Morgan fingerprint density at radius 3 is 2.64 bits per heavy atom. The van der Waals surface area contributed by atoms with E-state index in [1.807, 2.05) is 25.9 Å². The Hall–Kier alpha value is -3.04. The van der Waals surface area contributed by atoms with Gasteiger partial charge in [-0.2, -0.15) is 5.10 Å². The van der Waals surface area contributed by atoms with E-state index in [4.69, 9.17) is 0 Å². The number of nitrogens with zero attached hydrogens (tertiary/aromatic N) is 5. The molecule has 0 bridgehead atoms. The average Bonchev–Trinajstić information content (AvgIpc) is 3.34. The highest BCUT2D eigenvalue weighted by molar-refractivity contribution is 5.89. The molecule has 2 aliphatic carbocycles. The second kappa shape index (κ2) is 8.24. The molecule has 2 N–H and O–H groups in total. The van der Waals surface area contributed by atoms with Gasteiger partial charge >= 0.3 is 0 Å². The van der Waals surface area contributed by atoms with E-state index in [0.29, 0.717) is 43.0 Å². The molecule has 190 valence electrons. The normalized spacial score (nSPS) is 22.1. The van der Waals surface area contributed by atoms with E-state index in [0.717, 1.165) is 36.9 Å². The first-order valence-electron chi connectivity index (χ1n) is 13.0. The summed E-state index contributed by atoms with van der Waals surface area (Å²) in [5.74, 6) is 0.193. The van der Waals surface area contributed by atoms with Crippen molar-refractivity contribution in [3.8, 4) is 11.3 Å². The van der Waals surface area contributed by atoms with E-state index >= 15 is 0 Å². The molecule has 1 saturated heterocycles. The Kier molecular flexibility index (Phi) is 5.35. The molecule has 0 radical (unpaired) electrons. The molecule has 36 heavy (non-hydrogen) atoms. The van der Waals surface area contributed by atoms with Crippen LogP contribution in [0.4, 0.5) is 0 Å². The van der Waals surface area contributed by atoms with Crippen LogP contribution in [0.25, 0.3) is 22.3 Å². The summed E-state index contributed by atoms with van der Waals surface area (Å²) in [6.07, 6.45) is 6.40. The largest absolute Gasteiger partial charge is 0.388 e. The van der Waals surface area contributed by atoms with Crippen LogP contribution in [0.2, 0.25) is 0 Å². The number of likely N-dealkylation sites (tertiary alicyclic amines) is 1. The van der Waals surface area contributed by atoms with Crippen LogP contribution >= 0.6 is 0 Å². The van der Waals surface area contributed by atoms with E-state index in [1.54, 1.807) is 4.68 Å². The van der Waals surface area contributed by atoms with E-state index in [2.05, 4.69) is 33.6 Å². The number of rotatable bonds is 5. The fourth-order valence-electron chi connectivity index (χ4n) is 5.98. The Morgan fingerprint density at radius 1 is 1.19 bits per heavy atom. The summed E-state index contributed by atoms with van der Waals surface area (Å²) in [7, 11) is 3.83. The Morgan fingerprint density at radius 2 is 1.94 bits per heavy atom. The highest BCUT2D eigenvalue weighted by Crippen LogP contribution is 2.47. The second-order valence-corrected chi connectivity index (χ2v) is 11.2. The van der Waals surface area contributed by atoms with Gasteiger partial charge in [0.05, 0.1) is 24.2 Å². The summed E-state index contributed by atoms with van der Waals surface area (Å²) >= 11 is 0. The highest BCUT2D eigenvalue weighted by atomic mass is 16.3. The van der Waals surface area contributed by atoms with Gasteiger partial charge < -0.3 is 15.3 Å². The zero-order valence-electron chi connectivity index (χ0n) is 21.3. The lowest BCUT2D eigenvalue weighted by molar-refractivity contribution is -0.141. The van der Waals surface area contributed by atoms with Gasteiger partial charge in [-0.05, 0) is 62.8 Å². The van der Waals surface area contributed by atoms with E-state index in [-0.39, 0.29) is 23.4 Å². The number of benzene rings is 1. The maximum absolute atomic E-state index is 13.4. The minimum Gasteiger partial charge on any atom is -0.388 e. The number of fused-ring (bicyclic) bond motifs is 2. The van der Waals surface area contributed by atoms with Crippen LogP contribution in [0.5, 0.6) is 0 Å². The summed E-state index contributed by atoms with van der Waals surface area (Å²) < 4.78 is 3.20. The molecule has 3 aliphatic rings. The van der Waals surface area contributed by atoms with Crippen LogP contribution in [-0.4, -0.2) is 61.0 Å². The molecule has 1 atom stereocenters. The van der Waals surface area contributed by atoms with Crippen molar-refractivity contribution in [3.63, 3.8) is 0 Å². The predicted molar refractivity (Wildman–Crippen MR) is 136 cm³/mol. The van der Waals surface area contributed by atoms with Crippen LogP contribution in [-0.2, 0) is 24.8 Å². The fourth-order valence-corrected chi connectivity index (χ4v) is 5.98. The van der Waals surface area contributed by atoms with Crippen molar-refractivity contribution in [2.45, 2.75) is 63.6 Å². The maximum atomic E-state index is 13.4. The number of piperidine rings is 1. The van der Waals surface area contributed by atoms with Crippen molar-refractivity contribution < 1.29 is 9.90 Å². The SMILES string of the molecule is CNC1CCc2cc(-c3c4ncn(CC5(O)CCN(C(=O)C6(C)CC6)CC5)c(=O)c4nn3C)ccc21. The number of nitrogens with one attached hydrogen (secondary N) is 1. The molecule has 6 rings (SSSR count). The molecule has 2 fully saturated rings. The van der Waals surface area contributed by atoms with Gasteiger partial charge in [-0.25, -0.2) is 4.98 Å². The maximum Gasteiger partial charge on any atom is 0.281 e. The minimum absolute atomic E-state index is 0.143. The molecule has 2 aromatic heterocycles. The zero-order chi connectivity index (χ0) is 25.2. The van der Waals surface area contributed by atoms with Gasteiger partial charge in [-0.1, -0.05) is 19.1 Å². The van der Waals surface area contributed by atoms with E-state index in [9.17, 15) is 14.7 Å². The topological polar surface area (TPSA) is 105 Å². The van der Waals surface area contributed by atoms with Crippen molar-refractivity contribution in [3.05, 3.63) is 46.0 Å². The van der Waals surface area contributed by atoms with Gasteiger partial charge in [0.1, 0.15) is 5.52 Å². The third-order valence-corrected chi connectivity index (χ3v) is 8.62. The third kappa shape index (κ3) is 3.76. The van der Waals surface area contributed by atoms with Crippen molar-refractivity contribution in [1.29, 1.82) is 0 Å². The lowest BCUT2D eigenvalue weighted by atomic mass is 9.90. The molecule has 3 heterocycles. The predicted octanol–water partition coefficient (Wildman–Crippen LogP) is 2.16. The summed E-state index contributed by atoms with van der Waals surface area (Å²) in [5.41, 5.74) is 3.84. The summed E-state index contributed by atoms with van der Waals surface area (Å²) in [5, 5.41) is 19.2. The Labute approximate surface area is 210 Å². The van der Waals surface area contributed by atoms with Gasteiger partial charge in [-0.3, -0.25) is 18.8 Å². The molecule has 1 aliphatic heterocycles. The molecule has 1 aromatic carbocycles. The first-order chi connectivity index (χ1) is 17.2. The second-order valence-electron chi connectivity index (χ2n) is 11.2. The number of aryl methyl sites for hydroxylation is 2. The summed E-state index contributed by atoms with van der Waals surface area (Å²) in [4.78, 5) is 32.6. The van der Waals surface area contributed by atoms with Crippen LogP contribution in [0.3, 0.4) is 0 Å². The molecule has 1 unspecified atom stereocenters. The van der Waals surface area contributed by atoms with Gasteiger partial charge in [0.2, 0.25) is 5.91 Å². The molecule has 1 saturated carbocycles. The molecule has 1 amide bonds. The van der Waals surface area contributed by atoms with Gasteiger partial charge in [-0.15, -0.1) is 0 Å². The number of carbonyl (C=O) groups excluding carboxylic acids is 1. The lowest BCUT2D eigenvalue weighted by Crippen LogP contribution is -2.51. The first kappa shape index (κ1) is 23.4. The number of aromatic nitrogens is 4. The number of aliphatic hydroxyl groups is 1. The van der Waals surface area contributed by atoms with E-state index in [1.165, 1.54) is 22.0 Å². The quantitative estimate of drug-likeness (QED) is 0.568. The Bertz CT molecular complexity index is 1410. The molecule has 3 aromatic rings. The van der Waals surface area contributed by atoms with Crippen molar-refractivity contribution in [2.75, 3.05) is 20.1 Å². The summed E-state index contributed by atoms with van der Waals surface area (Å²) in [6.45, 7) is 3.18. The number of hydrogen-bond donors (Lipinski definition) is 2. The van der Waals surface area contributed by atoms with Crippen LogP contribution in [0.1, 0.15) is 56.2 Å².